The fourth-order valence-corrected chi connectivity index (χ4v) is 2.50. The van der Waals surface area contributed by atoms with Crippen molar-refractivity contribution < 1.29 is 4.79 Å². The van der Waals surface area contributed by atoms with Gasteiger partial charge in [0.1, 0.15) is 17.5 Å². The Labute approximate surface area is 126 Å². The maximum absolute atomic E-state index is 12.1. The Morgan fingerprint density at radius 2 is 2.00 bits per heavy atom. The maximum Gasteiger partial charge on any atom is 0.241 e. The average Bonchev–Trinajstić information content (AvgIpc) is 2.61. The standard InChI is InChI=1S/C15H25N5O/c1-5-7-16-14-11(2)15(18-12(3)17-14)20-9-6-8-19(4)13(21)10-20/h5-10H2,1-4H3,(H,16,17,18). The van der Waals surface area contributed by atoms with E-state index in [9.17, 15) is 4.79 Å². The quantitative estimate of drug-likeness (QED) is 0.912. The fourth-order valence-electron chi connectivity index (χ4n) is 2.50. The highest BCUT2D eigenvalue weighted by atomic mass is 16.2. The molecule has 0 aromatic carbocycles. The molecule has 1 aliphatic rings. The van der Waals surface area contributed by atoms with Gasteiger partial charge in [-0.3, -0.25) is 4.79 Å². The molecule has 0 unspecified atom stereocenters. The van der Waals surface area contributed by atoms with Gasteiger partial charge in [0.25, 0.3) is 0 Å². The molecule has 1 saturated heterocycles. The second kappa shape index (κ2) is 6.74. The van der Waals surface area contributed by atoms with Crippen LogP contribution >= 0.6 is 0 Å². The number of rotatable bonds is 4. The minimum absolute atomic E-state index is 0.145. The van der Waals surface area contributed by atoms with Crippen molar-refractivity contribution in [2.24, 2.45) is 0 Å². The molecule has 2 heterocycles. The molecular weight excluding hydrogens is 266 g/mol. The van der Waals surface area contributed by atoms with Crippen molar-refractivity contribution in [1.29, 1.82) is 0 Å². The van der Waals surface area contributed by atoms with Crippen LogP contribution < -0.4 is 10.2 Å². The topological polar surface area (TPSA) is 61.4 Å². The van der Waals surface area contributed by atoms with Crippen molar-refractivity contribution >= 4 is 17.5 Å². The number of hydrogen-bond donors (Lipinski definition) is 1. The van der Waals surface area contributed by atoms with Gasteiger partial charge in [-0.1, -0.05) is 6.92 Å². The molecule has 1 aliphatic heterocycles. The summed E-state index contributed by atoms with van der Waals surface area (Å²) in [5, 5.41) is 3.35. The molecular formula is C15H25N5O. The number of likely N-dealkylation sites (N-methyl/N-ethyl adjacent to an activating group) is 1. The highest BCUT2D eigenvalue weighted by Crippen LogP contribution is 2.24. The Bertz CT molecular complexity index is 517. The lowest BCUT2D eigenvalue weighted by molar-refractivity contribution is -0.127. The SMILES string of the molecule is CCCNc1nc(C)nc(N2CCCN(C)C(=O)C2)c1C. The molecule has 0 spiro atoms. The number of aryl methyl sites for hydroxylation is 1. The molecule has 0 radical (unpaired) electrons. The van der Waals surface area contributed by atoms with E-state index >= 15 is 0 Å². The minimum Gasteiger partial charge on any atom is -0.370 e. The number of amides is 1. The summed E-state index contributed by atoms with van der Waals surface area (Å²) in [6, 6.07) is 0. The summed E-state index contributed by atoms with van der Waals surface area (Å²) in [5.41, 5.74) is 1.02. The van der Waals surface area contributed by atoms with Gasteiger partial charge in [-0.05, 0) is 26.7 Å². The molecule has 116 valence electrons. The van der Waals surface area contributed by atoms with Gasteiger partial charge in [0.2, 0.25) is 5.91 Å². The summed E-state index contributed by atoms with van der Waals surface area (Å²) >= 11 is 0. The Morgan fingerprint density at radius 3 is 2.71 bits per heavy atom. The van der Waals surface area contributed by atoms with E-state index in [1.165, 1.54) is 0 Å². The van der Waals surface area contributed by atoms with E-state index in [2.05, 4.69) is 27.1 Å². The first-order valence-electron chi connectivity index (χ1n) is 7.61. The highest BCUT2D eigenvalue weighted by Gasteiger charge is 2.22. The van der Waals surface area contributed by atoms with Crippen LogP contribution in [0.3, 0.4) is 0 Å². The first kappa shape index (κ1) is 15.5. The number of aromatic nitrogens is 2. The number of nitrogens with zero attached hydrogens (tertiary/aromatic N) is 4. The Hall–Kier alpha value is -1.85. The van der Waals surface area contributed by atoms with Crippen LogP contribution in [0, 0.1) is 13.8 Å². The van der Waals surface area contributed by atoms with E-state index < -0.39 is 0 Å². The van der Waals surface area contributed by atoms with Gasteiger partial charge in [-0.15, -0.1) is 0 Å². The lowest BCUT2D eigenvalue weighted by atomic mass is 10.2. The summed E-state index contributed by atoms with van der Waals surface area (Å²) in [6.45, 7) is 8.97. The highest BCUT2D eigenvalue weighted by molar-refractivity contribution is 5.82. The van der Waals surface area contributed by atoms with E-state index in [0.717, 1.165) is 55.5 Å². The third kappa shape index (κ3) is 3.62. The van der Waals surface area contributed by atoms with Crippen molar-refractivity contribution in [3.63, 3.8) is 0 Å². The van der Waals surface area contributed by atoms with Crippen molar-refractivity contribution in [3.8, 4) is 0 Å². The van der Waals surface area contributed by atoms with Crippen LogP contribution in [-0.2, 0) is 4.79 Å². The van der Waals surface area contributed by atoms with Crippen molar-refractivity contribution in [2.75, 3.05) is 43.4 Å². The summed E-state index contributed by atoms with van der Waals surface area (Å²) in [6.07, 6.45) is 2.01. The van der Waals surface area contributed by atoms with Crippen molar-refractivity contribution in [3.05, 3.63) is 11.4 Å². The van der Waals surface area contributed by atoms with Crippen LogP contribution in [0.2, 0.25) is 0 Å². The normalized spacial score (nSPS) is 16.1. The van der Waals surface area contributed by atoms with E-state index in [-0.39, 0.29) is 5.91 Å². The first-order valence-corrected chi connectivity index (χ1v) is 7.61. The van der Waals surface area contributed by atoms with Crippen LogP contribution in [0.1, 0.15) is 31.2 Å². The molecule has 1 aromatic heterocycles. The lowest BCUT2D eigenvalue weighted by Gasteiger charge is -2.24. The van der Waals surface area contributed by atoms with E-state index in [1.807, 2.05) is 20.9 Å². The minimum atomic E-state index is 0.145. The maximum atomic E-state index is 12.1. The number of nitrogens with one attached hydrogen (secondary N) is 1. The van der Waals surface area contributed by atoms with Crippen LogP contribution in [0.15, 0.2) is 0 Å². The summed E-state index contributed by atoms with van der Waals surface area (Å²) < 4.78 is 0. The second-order valence-electron chi connectivity index (χ2n) is 5.59. The number of carbonyl (C=O) groups is 1. The molecule has 1 amide bonds. The third-order valence-corrected chi connectivity index (χ3v) is 3.75. The fraction of sp³-hybridized carbons (Fsp3) is 0.667. The van der Waals surface area contributed by atoms with Crippen LogP contribution in [0.5, 0.6) is 0 Å². The predicted octanol–water partition coefficient (Wildman–Crippen LogP) is 1.58. The predicted molar refractivity (Wildman–Crippen MR) is 84.8 cm³/mol. The molecule has 21 heavy (non-hydrogen) atoms. The zero-order chi connectivity index (χ0) is 15.4. The molecule has 6 heteroatoms. The lowest BCUT2D eigenvalue weighted by Crippen LogP contribution is -2.35. The molecule has 6 nitrogen and oxygen atoms in total. The molecule has 0 bridgehead atoms. The summed E-state index contributed by atoms with van der Waals surface area (Å²) in [4.78, 5) is 25.0. The number of carbonyl (C=O) groups excluding carboxylic acids is 1. The average molecular weight is 291 g/mol. The van der Waals surface area contributed by atoms with Gasteiger partial charge in [-0.25, -0.2) is 9.97 Å². The van der Waals surface area contributed by atoms with Gasteiger partial charge >= 0.3 is 0 Å². The van der Waals surface area contributed by atoms with Crippen molar-refractivity contribution in [1.82, 2.24) is 14.9 Å². The Morgan fingerprint density at radius 1 is 1.24 bits per heavy atom. The second-order valence-corrected chi connectivity index (χ2v) is 5.59. The van der Waals surface area contributed by atoms with Crippen LogP contribution in [-0.4, -0.2) is 54.0 Å². The molecule has 0 atom stereocenters. The number of hydrogen-bond acceptors (Lipinski definition) is 5. The van der Waals surface area contributed by atoms with E-state index in [4.69, 9.17) is 0 Å². The first-order chi connectivity index (χ1) is 10.0. The third-order valence-electron chi connectivity index (χ3n) is 3.75. The zero-order valence-corrected chi connectivity index (χ0v) is 13.4. The molecule has 1 aromatic rings. The monoisotopic (exact) mass is 291 g/mol. The van der Waals surface area contributed by atoms with Crippen LogP contribution in [0.25, 0.3) is 0 Å². The molecule has 0 aliphatic carbocycles. The van der Waals surface area contributed by atoms with Crippen molar-refractivity contribution in [2.45, 2.75) is 33.6 Å². The van der Waals surface area contributed by atoms with Gasteiger partial charge in [-0.2, -0.15) is 0 Å². The Balaban J connectivity index is 2.29. The molecule has 1 N–H and O–H groups in total. The molecule has 1 fully saturated rings. The molecule has 0 saturated carbocycles. The van der Waals surface area contributed by atoms with Gasteiger partial charge in [0.05, 0.1) is 6.54 Å². The van der Waals surface area contributed by atoms with E-state index in [1.54, 1.807) is 4.90 Å². The largest absolute Gasteiger partial charge is 0.370 e. The summed E-state index contributed by atoms with van der Waals surface area (Å²) in [7, 11) is 1.86. The Kier molecular flexibility index (Phi) is 4.98. The van der Waals surface area contributed by atoms with Gasteiger partial charge in [0, 0.05) is 32.2 Å². The smallest absolute Gasteiger partial charge is 0.241 e. The summed E-state index contributed by atoms with van der Waals surface area (Å²) in [5.74, 6) is 2.64. The van der Waals surface area contributed by atoms with Crippen LogP contribution in [0.4, 0.5) is 11.6 Å². The molecule has 2 rings (SSSR count). The van der Waals surface area contributed by atoms with Gasteiger partial charge < -0.3 is 15.1 Å². The van der Waals surface area contributed by atoms with Gasteiger partial charge in [0.15, 0.2) is 0 Å². The number of anilines is 2. The van der Waals surface area contributed by atoms with E-state index in [0.29, 0.717) is 6.54 Å². The zero-order valence-electron chi connectivity index (χ0n) is 13.4.